The lowest BCUT2D eigenvalue weighted by atomic mass is 10.00. The Balaban J connectivity index is 2.58. The lowest BCUT2D eigenvalue weighted by molar-refractivity contribution is -0.145. The lowest BCUT2D eigenvalue weighted by Crippen LogP contribution is -2.24. The Morgan fingerprint density at radius 3 is 2.71 bits per heavy atom. The van der Waals surface area contributed by atoms with E-state index in [0.717, 1.165) is 0 Å². The standard InChI is InChI=1S/C10H16O4/c1-7(11)14-10-5-4-8(12)2-3-9(13)6-10/h4-5,8-10,12-13H,2-3,6H2,1H3. The topological polar surface area (TPSA) is 66.8 Å². The largest absolute Gasteiger partial charge is 0.458 e. The van der Waals surface area contributed by atoms with Crippen molar-refractivity contribution in [2.75, 3.05) is 0 Å². The zero-order valence-corrected chi connectivity index (χ0v) is 8.22. The molecule has 1 rings (SSSR count). The lowest BCUT2D eigenvalue weighted by Gasteiger charge is -2.21. The predicted octanol–water partition coefficient (Wildman–Crippen LogP) is 0.380. The monoisotopic (exact) mass is 200 g/mol. The maximum Gasteiger partial charge on any atom is 0.303 e. The van der Waals surface area contributed by atoms with Crippen LogP contribution in [-0.4, -0.2) is 34.5 Å². The Morgan fingerprint density at radius 1 is 1.36 bits per heavy atom. The Bertz CT molecular complexity index is 224. The fourth-order valence-electron chi connectivity index (χ4n) is 1.48. The van der Waals surface area contributed by atoms with Crippen LogP contribution in [0, 0.1) is 0 Å². The van der Waals surface area contributed by atoms with Crippen LogP contribution in [0.3, 0.4) is 0 Å². The van der Waals surface area contributed by atoms with Crippen LogP contribution in [0.4, 0.5) is 0 Å². The normalized spacial score (nSPS) is 33.2. The molecule has 0 aromatic carbocycles. The number of rotatable bonds is 1. The van der Waals surface area contributed by atoms with Crippen LogP contribution in [0.1, 0.15) is 26.2 Å². The third kappa shape index (κ3) is 3.89. The van der Waals surface area contributed by atoms with Gasteiger partial charge in [0.25, 0.3) is 0 Å². The molecule has 0 saturated heterocycles. The molecule has 1 aliphatic carbocycles. The molecule has 4 heteroatoms. The summed E-state index contributed by atoms with van der Waals surface area (Å²) >= 11 is 0. The summed E-state index contributed by atoms with van der Waals surface area (Å²) in [6.07, 6.45) is 3.24. The van der Waals surface area contributed by atoms with Gasteiger partial charge in [-0.3, -0.25) is 4.79 Å². The second kappa shape index (κ2) is 5.12. The summed E-state index contributed by atoms with van der Waals surface area (Å²) in [6.45, 7) is 1.33. The molecular formula is C10H16O4. The van der Waals surface area contributed by atoms with Crippen molar-refractivity contribution in [1.29, 1.82) is 0 Å². The molecule has 0 aliphatic heterocycles. The third-order valence-electron chi connectivity index (χ3n) is 2.17. The van der Waals surface area contributed by atoms with Crippen LogP contribution in [0.25, 0.3) is 0 Å². The van der Waals surface area contributed by atoms with E-state index in [1.165, 1.54) is 6.92 Å². The van der Waals surface area contributed by atoms with Crippen molar-refractivity contribution in [2.24, 2.45) is 0 Å². The number of ether oxygens (including phenoxy) is 1. The van der Waals surface area contributed by atoms with Gasteiger partial charge in [0.05, 0.1) is 12.2 Å². The number of hydrogen-bond acceptors (Lipinski definition) is 4. The molecule has 1 aliphatic rings. The number of aliphatic hydroxyl groups is 2. The minimum atomic E-state index is -0.553. The summed E-state index contributed by atoms with van der Waals surface area (Å²) in [5.74, 6) is -0.373. The molecule has 0 saturated carbocycles. The molecule has 0 aromatic rings. The van der Waals surface area contributed by atoms with Crippen molar-refractivity contribution in [3.8, 4) is 0 Å². The highest BCUT2D eigenvalue weighted by Crippen LogP contribution is 2.15. The van der Waals surface area contributed by atoms with Crippen LogP contribution in [0.2, 0.25) is 0 Å². The summed E-state index contributed by atoms with van der Waals surface area (Å²) in [5.41, 5.74) is 0. The van der Waals surface area contributed by atoms with Gasteiger partial charge in [-0.15, -0.1) is 0 Å². The van der Waals surface area contributed by atoms with E-state index >= 15 is 0 Å². The van der Waals surface area contributed by atoms with E-state index in [4.69, 9.17) is 4.74 Å². The van der Waals surface area contributed by atoms with Gasteiger partial charge >= 0.3 is 5.97 Å². The van der Waals surface area contributed by atoms with E-state index in [1.54, 1.807) is 12.2 Å². The molecule has 0 radical (unpaired) electrons. The maximum absolute atomic E-state index is 10.7. The molecular weight excluding hydrogens is 184 g/mol. The predicted molar refractivity (Wildman–Crippen MR) is 50.6 cm³/mol. The van der Waals surface area contributed by atoms with Crippen molar-refractivity contribution >= 4 is 5.97 Å². The summed E-state index contributed by atoms with van der Waals surface area (Å²) in [7, 11) is 0. The quantitative estimate of drug-likeness (QED) is 0.474. The smallest absolute Gasteiger partial charge is 0.303 e. The molecule has 0 spiro atoms. The molecule has 4 nitrogen and oxygen atoms in total. The SMILES string of the molecule is CC(=O)OC1C=CC(O)CCC(O)C1. The average Bonchev–Trinajstić information content (AvgIpc) is 2.08. The van der Waals surface area contributed by atoms with E-state index in [9.17, 15) is 15.0 Å². The van der Waals surface area contributed by atoms with Gasteiger partial charge in [0.2, 0.25) is 0 Å². The van der Waals surface area contributed by atoms with Gasteiger partial charge in [-0.1, -0.05) is 6.08 Å². The second-order valence-corrected chi connectivity index (χ2v) is 3.57. The van der Waals surface area contributed by atoms with Crippen molar-refractivity contribution < 1.29 is 19.7 Å². The molecule has 2 N–H and O–H groups in total. The molecule has 0 bridgehead atoms. The number of hydrogen-bond donors (Lipinski definition) is 2. The number of aliphatic hydroxyl groups excluding tert-OH is 2. The summed E-state index contributed by atoms with van der Waals surface area (Å²) in [5, 5.41) is 18.8. The number of carbonyl (C=O) groups excluding carboxylic acids is 1. The summed E-state index contributed by atoms with van der Waals surface area (Å²) in [6, 6.07) is 0. The Hall–Kier alpha value is -0.870. The molecule has 0 amide bonds. The Labute approximate surface area is 83.2 Å². The molecule has 0 heterocycles. The third-order valence-corrected chi connectivity index (χ3v) is 2.17. The van der Waals surface area contributed by atoms with Crippen molar-refractivity contribution in [2.45, 2.75) is 44.5 Å². The fraction of sp³-hybridized carbons (Fsp3) is 0.700. The van der Waals surface area contributed by atoms with Crippen LogP contribution in [-0.2, 0) is 9.53 Å². The maximum atomic E-state index is 10.7. The zero-order valence-electron chi connectivity index (χ0n) is 8.22. The van der Waals surface area contributed by atoms with E-state index in [-0.39, 0.29) is 5.97 Å². The Morgan fingerprint density at radius 2 is 2.07 bits per heavy atom. The van der Waals surface area contributed by atoms with Crippen LogP contribution >= 0.6 is 0 Å². The van der Waals surface area contributed by atoms with Crippen molar-refractivity contribution in [3.63, 3.8) is 0 Å². The first-order valence-corrected chi connectivity index (χ1v) is 4.79. The minimum absolute atomic E-state index is 0.373. The second-order valence-electron chi connectivity index (χ2n) is 3.57. The first-order chi connectivity index (χ1) is 6.58. The molecule has 0 aromatic heterocycles. The van der Waals surface area contributed by atoms with Crippen LogP contribution < -0.4 is 0 Å². The van der Waals surface area contributed by atoms with E-state index < -0.39 is 18.3 Å². The fourth-order valence-corrected chi connectivity index (χ4v) is 1.48. The molecule has 3 unspecified atom stereocenters. The number of esters is 1. The first-order valence-electron chi connectivity index (χ1n) is 4.79. The van der Waals surface area contributed by atoms with E-state index in [2.05, 4.69) is 0 Å². The summed E-state index contributed by atoms with van der Waals surface area (Å²) < 4.78 is 4.95. The van der Waals surface area contributed by atoms with E-state index in [0.29, 0.717) is 19.3 Å². The molecule has 14 heavy (non-hydrogen) atoms. The van der Waals surface area contributed by atoms with Gasteiger partial charge in [0.1, 0.15) is 6.10 Å². The summed E-state index contributed by atoms with van der Waals surface area (Å²) in [4.78, 5) is 10.7. The van der Waals surface area contributed by atoms with Gasteiger partial charge < -0.3 is 14.9 Å². The van der Waals surface area contributed by atoms with Crippen LogP contribution in [0.15, 0.2) is 12.2 Å². The van der Waals surface area contributed by atoms with Gasteiger partial charge in [-0.2, -0.15) is 0 Å². The van der Waals surface area contributed by atoms with Crippen LogP contribution in [0.5, 0.6) is 0 Å². The highest BCUT2D eigenvalue weighted by Gasteiger charge is 2.18. The Kier molecular flexibility index (Phi) is 4.10. The van der Waals surface area contributed by atoms with Gasteiger partial charge in [0.15, 0.2) is 0 Å². The average molecular weight is 200 g/mol. The van der Waals surface area contributed by atoms with Crippen molar-refractivity contribution in [3.05, 3.63) is 12.2 Å². The molecule has 80 valence electrons. The van der Waals surface area contributed by atoms with Gasteiger partial charge in [-0.05, 0) is 18.9 Å². The number of carbonyl (C=O) groups is 1. The highest BCUT2D eigenvalue weighted by atomic mass is 16.5. The van der Waals surface area contributed by atoms with Crippen molar-refractivity contribution in [1.82, 2.24) is 0 Å². The molecule has 3 atom stereocenters. The van der Waals surface area contributed by atoms with Gasteiger partial charge in [-0.25, -0.2) is 0 Å². The highest BCUT2D eigenvalue weighted by molar-refractivity contribution is 5.66. The van der Waals surface area contributed by atoms with Gasteiger partial charge in [0, 0.05) is 13.3 Å². The van der Waals surface area contributed by atoms with E-state index in [1.807, 2.05) is 0 Å². The zero-order chi connectivity index (χ0) is 10.6. The minimum Gasteiger partial charge on any atom is -0.458 e. The molecule has 0 fully saturated rings. The first kappa shape index (κ1) is 11.2.